The van der Waals surface area contributed by atoms with E-state index >= 15 is 0 Å². The molecule has 0 atom stereocenters. The highest BCUT2D eigenvalue weighted by molar-refractivity contribution is 6.16. The number of halogens is 1. The summed E-state index contributed by atoms with van der Waals surface area (Å²) >= 11 is 5.97. The number of hydrogen-bond acceptors (Lipinski definition) is 4. The predicted octanol–water partition coefficient (Wildman–Crippen LogP) is 2.53. The Labute approximate surface area is 125 Å². The second-order valence-electron chi connectivity index (χ2n) is 4.37. The molecule has 1 aromatic carbocycles. The maximum atomic E-state index is 12.8. The lowest BCUT2D eigenvalue weighted by molar-refractivity contribution is 0.412. The predicted molar refractivity (Wildman–Crippen MR) is 81.2 cm³/mol. The van der Waals surface area contributed by atoms with E-state index in [0.717, 1.165) is 0 Å². The van der Waals surface area contributed by atoms with E-state index in [4.69, 9.17) is 16.3 Å². The molecule has 0 aliphatic carbocycles. The number of rotatable bonds is 3. The summed E-state index contributed by atoms with van der Waals surface area (Å²) in [6, 6.07) is 8.90. The number of benzene rings is 1. The van der Waals surface area contributed by atoms with E-state index in [2.05, 4.69) is 9.97 Å². The molecule has 6 heteroatoms. The lowest BCUT2D eigenvalue weighted by atomic mass is 10.2. The van der Waals surface area contributed by atoms with Crippen molar-refractivity contribution in [3.63, 3.8) is 0 Å². The van der Waals surface area contributed by atoms with Crippen molar-refractivity contribution in [3.8, 4) is 11.4 Å². The van der Waals surface area contributed by atoms with E-state index in [1.807, 2.05) is 12.1 Å². The standard InChI is InChI=1S/C15H12ClN3O2/c1-21-13-5-3-2-4-12(13)19-14(8-16)18-11-9-17-7-6-10(11)15(19)20/h2-7,9H,8H2,1H3. The summed E-state index contributed by atoms with van der Waals surface area (Å²) in [4.78, 5) is 21.2. The van der Waals surface area contributed by atoms with Crippen molar-refractivity contribution < 1.29 is 4.74 Å². The molecule has 0 amide bonds. The first-order valence-corrected chi connectivity index (χ1v) is 6.84. The van der Waals surface area contributed by atoms with Crippen LogP contribution in [-0.4, -0.2) is 21.6 Å². The van der Waals surface area contributed by atoms with Crippen LogP contribution < -0.4 is 10.3 Å². The lowest BCUT2D eigenvalue weighted by Crippen LogP contribution is -2.23. The van der Waals surface area contributed by atoms with Crippen molar-refractivity contribution in [3.05, 3.63) is 58.9 Å². The van der Waals surface area contributed by atoms with Crippen molar-refractivity contribution >= 4 is 22.5 Å². The number of alkyl halides is 1. The molecule has 0 N–H and O–H groups in total. The molecule has 0 aliphatic rings. The molecular formula is C15H12ClN3O2. The molecule has 0 fully saturated rings. The molecule has 21 heavy (non-hydrogen) atoms. The van der Waals surface area contributed by atoms with Crippen LogP contribution in [0.2, 0.25) is 0 Å². The Morgan fingerprint density at radius 2 is 2.10 bits per heavy atom. The molecule has 5 nitrogen and oxygen atoms in total. The number of hydrogen-bond donors (Lipinski definition) is 0. The first-order chi connectivity index (χ1) is 10.3. The van der Waals surface area contributed by atoms with Gasteiger partial charge < -0.3 is 4.74 Å². The average molecular weight is 302 g/mol. The fraction of sp³-hybridized carbons (Fsp3) is 0.133. The van der Waals surface area contributed by atoms with E-state index in [1.54, 1.807) is 37.7 Å². The summed E-state index contributed by atoms with van der Waals surface area (Å²) in [5.74, 6) is 1.14. The van der Waals surface area contributed by atoms with Gasteiger partial charge in [-0.1, -0.05) is 12.1 Å². The molecule has 2 aromatic heterocycles. The number of aromatic nitrogens is 3. The molecule has 3 aromatic rings. The van der Waals surface area contributed by atoms with Crippen molar-refractivity contribution in [1.82, 2.24) is 14.5 Å². The van der Waals surface area contributed by atoms with Gasteiger partial charge in [-0.2, -0.15) is 0 Å². The Balaban J connectivity index is 2.41. The summed E-state index contributed by atoms with van der Waals surface area (Å²) in [5.41, 5.74) is 0.957. The van der Waals surface area contributed by atoms with Crippen LogP contribution in [0.1, 0.15) is 5.82 Å². The maximum Gasteiger partial charge on any atom is 0.266 e. The van der Waals surface area contributed by atoms with Crippen LogP contribution in [0.25, 0.3) is 16.6 Å². The van der Waals surface area contributed by atoms with Crippen LogP contribution in [0.3, 0.4) is 0 Å². The van der Waals surface area contributed by atoms with Crippen LogP contribution >= 0.6 is 11.6 Å². The molecule has 3 rings (SSSR count). The van der Waals surface area contributed by atoms with Gasteiger partial charge in [0.25, 0.3) is 5.56 Å². The second-order valence-corrected chi connectivity index (χ2v) is 4.63. The maximum absolute atomic E-state index is 12.8. The summed E-state index contributed by atoms with van der Waals surface area (Å²) in [7, 11) is 1.56. The molecule has 2 heterocycles. The normalized spacial score (nSPS) is 10.8. The van der Waals surface area contributed by atoms with Gasteiger partial charge in [-0.15, -0.1) is 11.6 Å². The first-order valence-electron chi connectivity index (χ1n) is 6.31. The van der Waals surface area contributed by atoms with E-state index in [0.29, 0.717) is 28.2 Å². The van der Waals surface area contributed by atoms with Gasteiger partial charge in [0.2, 0.25) is 0 Å². The summed E-state index contributed by atoms with van der Waals surface area (Å²) < 4.78 is 6.80. The van der Waals surface area contributed by atoms with Crippen molar-refractivity contribution in [1.29, 1.82) is 0 Å². The SMILES string of the molecule is COc1ccccc1-n1c(CCl)nc2cnccc2c1=O. The van der Waals surface area contributed by atoms with E-state index in [9.17, 15) is 4.79 Å². The van der Waals surface area contributed by atoms with Gasteiger partial charge in [0.05, 0.1) is 35.8 Å². The third-order valence-electron chi connectivity index (χ3n) is 3.19. The highest BCUT2D eigenvalue weighted by Gasteiger charge is 2.14. The molecule has 0 bridgehead atoms. The Kier molecular flexibility index (Phi) is 3.58. The molecule has 0 radical (unpaired) electrons. The van der Waals surface area contributed by atoms with Gasteiger partial charge in [-0.05, 0) is 18.2 Å². The molecular weight excluding hydrogens is 290 g/mol. The summed E-state index contributed by atoms with van der Waals surface area (Å²) in [6.07, 6.45) is 3.12. The van der Waals surface area contributed by atoms with Crippen molar-refractivity contribution in [2.24, 2.45) is 0 Å². The van der Waals surface area contributed by atoms with Crippen molar-refractivity contribution in [2.75, 3.05) is 7.11 Å². The molecule has 106 valence electrons. The Morgan fingerprint density at radius 1 is 1.29 bits per heavy atom. The Hall–Kier alpha value is -2.40. The van der Waals surface area contributed by atoms with E-state index < -0.39 is 0 Å². The third kappa shape index (κ3) is 2.25. The van der Waals surface area contributed by atoms with E-state index in [-0.39, 0.29) is 11.4 Å². The van der Waals surface area contributed by atoms with Gasteiger partial charge in [-0.25, -0.2) is 4.98 Å². The number of pyridine rings is 1. The minimum atomic E-state index is -0.192. The van der Waals surface area contributed by atoms with Gasteiger partial charge in [0, 0.05) is 6.20 Å². The monoisotopic (exact) mass is 301 g/mol. The second kappa shape index (κ2) is 5.54. The highest BCUT2D eigenvalue weighted by Crippen LogP contribution is 2.23. The molecule has 0 saturated heterocycles. The van der Waals surface area contributed by atoms with Crippen LogP contribution in [0, 0.1) is 0 Å². The summed E-state index contributed by atoms with van der Waals surface area (Å²) in [5, 5.41) is 0.491. The molecule has 0 spiro atoms. The number of ether oxygens (including phenoxy) is 1. The largest absolute Gasteiger partial charge is 0.495 e. The number of fused-ring (bicyclic) bond motifs is 1. The lowest BCUT2D eigenvalue weighted by Gasteiger charge is -2.14. The zero-order valence-corrected chi connectivity index (χ0v) is 12.0. The van der Waals surface area contributed by atoms with Crippen LogP contribution in [-0.2, 0) is 5.88 Å². The van der Waals surface area contributed by atoms with Crippen LogP contribution in [0.5, 0.6) is 5.75 Å². The Morgan fingerprint density at radius 3 is 2.86 bits per heavy atom. The minimum absolute atomic E-state index is 0.109. The smallest absolute Gasteiger partial charge is 0.266 e. The van der Waals surface area contributed by atoms with Gasteiger partial charge in [0.1, 0.15) is 11.6 Å². The fourth-order valence-corrected chi connectivity index (χ4v) is 2.41. The van der Waals surface area contributed by atoms with Crippen molar-refractivity contribution in [2.45, 2.75) is 5.88 Å². The number of nitrogens with zero attached hydrogens (tertiary/aromatic N) is 3. The highest BCUT2D eigenvalue weighted by atomic mass is 35.5. The number of para-hydroxylation sites is 2. The first kappa shape index (κ1) is 13.6. The molecule has 0 unspecified atom stereocenters. The molecule has 0 aliphatic heterocycles. The fourth-order valence-electron chi connectivity index (χ4n) is 2.24. The summed E-state index contributed by atoms with van der Waals surface area (Å²) in [6.45, 7) is 0. The number of methoxy groups -OCH3 is 1. The van der Waals surface area contributed by atoms with Crippen LogP contribution in [0.4, 0.5) is 0 Å². The zero-order chi connectivity index (χ0) is 14.8. The van der Waals surface area contributed by atoms with Gasteiger partial charge in [0.15, 0.2) is 0 Å². The van der Waals surface area contributed by atoms with E-state index in [1.165, 1.54) is 4.57 Å². The third-order valence-corrected chi connectivity index (χ3v) is 3.43. The Bertz CT molecular complexity index is 861. The quantitative estimate of drug-likeness (QED) is 0.698. The van der Waals surface area contributed by atoms with Crippen LogP contribution in [0.15, 0.2) is 47.5 Å². The van der Waals surface area contributed by atoms with Gasteiger partial charge >= 0.3 is 0 Å². The average Bonchev–Trinajstić information content (AvgIpc) is 2.54. The molecule has 0 saturated carbocycles. The zero-order valence-electron chi connectivity index (χ0n) is 11.3. The van der Waals surface area contributed by atoms with Gasteiger partial charge in [-0.3, -0.25) is 14.3 Å². The minimum Gasteiger partial charge on any atom is -0.495 e. The topological polar surface area (TPSA) is 57.0 Å².